The van der Waals surface area contributed by atoms with Crippen LogP contribution in [0.2, 0.25) is 10.0 Å². The Hall–Kier alpha value is -2.57. The molecule has 25 heavy (non-hydrogen) atoms. The molecule has 3 rings (SSSR count). The molecule has 0 aliphatic heterocycles. The molecule has 0 spiro atoms. The maximum atomic E-state index is 12.3. The normalized spacial score (nSPS) is 10.8. The van der Waals surface area contributed by atoms with Gasteiger partial charge in [0.25, 0.3) is 11.5 Å². The van der Waals surface area contributed by atoms with Gasteiger partial charge in [-0.3, -0.25) is 14.0 Å². The van der Waals surface area contributed by atoms with E-state index in [-0.39, 0.29) is 23.4 Å². The maximum absolute atomic E-state index is 12.3. The number of fused-ring (bicyclic) bond motifs is 1. The molecule has 0 saturated heterocycles. The number of nitrogens with two attached hydrogens (primary N) is 1. The first kappa shape index (κ1) is 17.3. The van der Waals surface area contributed by atoms with Gasteiger partial charge in [0.1, 0.15) is 12.4 Å². The predicted octanol–water partition coefficient (Wildman–Crippen LogP) is 2.99. The molecular weight excluding hydrogens is 365 g/mol. The SMILES string of the molecule is Cc1c(Cl)cn2c(=O)cc(COc3ccccc3C(N)=O)nc2c1Cl. The first-order valence-corrected chi connectivity index (χ1v) is 8.02. The molecule has 2 N–H and O–H groups in total. The van der Waals surface area contributed by atoms with Gasteiger partial charge in [-0.25, -0.2) is 4.98 Å². The molecule has 128 valence electrons. The van der Waals surface area contributed by atoms with Gasteiger partial charge in [-0.1, -0.05) is 35.3 Å². The lowest BCUT2D eigenvalue weighted by atomic mass is 10.2. The van der Waals surface area contributed by atoms with Crippen LogP contribution in [-0.2, 0) is 6.61 Å². The van der Waals surface area contributed by atoms with E-state index in [2.05, 4.69) is 4.98 Å². The monoisotopic (exact) mass is 377 g/mol. The lowest BCUT2D eigenvalue weighted by Gasteiger charge is -2.11. The third-order valence-electron chi connectivity index (χ3n) is 3.66. The molecule has 0 unspecified atom stereocenters. The number of aromatic nitrogens is 2. The Bertz CT molecular complexity index is 1050. The van der Waals surface area contributed by atoms with Gasteiger partial charge in [0, 0.05) is 12.3 Å². The van der Waals surface area contributed by atoms with E-state index in [1.165, 1.54) is 16.7 Å². The summed E-state index contributed by atoms with van der Waals surface area (Å²) < 4.78 is 6.88. The molecule has 0 fully saturated rings. The third-order valence-corrected chi connectivity index (χ3v) is 4.49. The molecule has 6 nitrogen and oxygen atoms in total. The minimum Gasteiger partial charge on any atom is -0.486 e. The molecule has 0 bridgehead atoms. The van der Waals surface area contributed by atoms with Crippen LogP contribution in [0.25, 0.3) is 5.65 Å². The lowest BCUT2D eigenvalue weighted by Crippen LogP contribution is -2.18. The summed E-state index contributed by atoms with van der Waals surface area (Å²) in [4.78, 5) is 28.1. The standard InChI is InChI=1S/C17H13Cl2N3O3/c1-9-12(18)7-22-14(23)6-10(21-17(22)15(9)19)8-25-13-5-3-2-4-11(13)16(20)24/h2-7H,8H2,1H3,(H2,20,24). The van der Waals surface area contributed by atoms with Crippen LogP contribution in [0, 0.1) is 6.92 Å². The van der Waals surface area contributed by atoms with Crippen molar-refractivity contribution in [2.75, 3.05) is 0 Å². The van der Waals surface area contributed by atoms with Crippen molar-refractivity contribution in [1.29, 1.82) is 0 Å². The van der Waals surface area contributed by atoms with E-state index in [1.54, 1.807) is 31.2 Å². The van der Waals surface area contributed by atoms with Gasteiger partial charge in [0.2, 0.25) is 0 Å². The molecule has 0 saturated carbocycles. The van der Waals surface area contributed by atoms with Crippen molar-refractivity contribution in [3.63, 3.8) is 0 Å². The first-order valence-electron chi connectivity index (χ1n) is 7.27. The molecule has 0 aliphatic rings. The minimum absolute atomic E-state index is 0.0198. The van der Waals surface area contributed by atoms with Crippen LogP contribution in [0.4, 0.5) is 0 Å². The zero-order valence-corrected chi connectivity index (χ0v) is 14.6. The molecule has 0 atom stereocenters. The second-order valence-electron chi connectivity index (χ2n) is 5.34. The van der Waals surface area contributed by atoms with Crippen LogP contribution in [0.3, 0.4) is 0 Å². The average molecular weight is 378 g/mol. The quantitative estimate of drug-likeness (QED) is 0.756. The summed E-state index contributed by atoms with van der Waals surface area (Å²) in [6.45, 7) is 1.72. The summed E-state index contributed by atoms with van der Waals surface area (Å²) in [5.41, 5.74) is 6.52. The van der Waals surface area contributed by atoms with Gasteiger partial charge < -0.3 is 10.5 Å². The Kier molecular flexibility index (Phi) is 4.65. The number of ether oxygens (including phenoxy) is 1. The van der Waals surface area contributed by atoms with Gasteiger partial charge in [0.15, 0.2) is 5.65 Å². The summed E-state index contributed by atoms with van der Waals surface area (Å²) in [6.07, 6.45) is 1.47. The van der Waals surface area contributed by atoms with Crippen LogP contribution in [0.5, 0.6) is 5.75 Å². The van der Waals surface area contributed by atoms with Crippen molar-refractivity contribution in [2.45, 2.75) is 13.5 Å². The Morgan fingerprint density at radius 2 is 2.04 bits per heavy atom. The van der Waals surface area contributed by atoms with Crippen LogP contribution in [0.1, 0.15) is 21.6 Å². The van der Waals surface area contributed by atoms with Gasteiger partial charge in [-0.05, 0) is 24.6 Å². The molecule has 2 heterocycles. The second kappa shape index (κ2) is 6.74. The summed E-state index contributed by atoms with van der Waals surface area (Å²) in [5, 5.41) is 0.671. The molecule has 8 heteroatoms. The fraction of sp³-hybridized carbons (Fsp3) is 0.118. The predicted molar refractivity (Wildman–Crippen MR) is 95.5 cm³/mol. The molecule has 2 aromatic heterocycles. The topological polar surface area (TPSA) is 86.7 Å². The number of para-hydroxylation sites is 1. The van der Waals surface area contributed by atoms with Crippen molar-refractivity contribution in [2.24, 2.45) is 5.73 Å². The van der Waals surface area contributed by atoms with Crippen LogP contribution in [-0.4, -0.2) is 15.3 Å². The molecule has 3 aromatic rings. The van der Waals surface area contributed by atoms with E-state index in [1.807, 2.05) is 0 Å². The van der Waals surface area contributed by atoms with Crippen LogP contribution < -0.4 is 16.0 Å². The Morgan fingerprint density at radius 3 is 2.76 bits per heavy atom. The molecule has 0 radical (unpaired) electrons. The average Bonchev–Trinajstić information content (AvgIpc) is 2.59. The third kappa shape index (κ3) is 3.31. The highest BCUT2D eigenvalue weighted by Gasteiger charge is 2.13. The number of nitrogens with zero attached hydrogens (tertiary/aromatic N) is 2. The Balaban J connectivity index is 1.98. The smallest absolute Gasteiger partial charge is 0.258 e. The van der Waals surface area contributed by atoms with Crippen molar-refractivity contribution in [3.8, 4) is 5.75 Å². The zero-order chi connectivity index (χ0) is 18.1. The molecule has 1 amide bonds. The fourth-order valence-corrected chi connectivity index (χ4v) is 2.80. The fourth-order valence-electron chi connectivity index (χ4n) is 2.32. The molecular formula is C17H13Cl2N3O3. The number of carbonyl (C=O) groups is 1. The number of benzene rings is 1. The van der Waals surface area contributed by atoms with Crippen molar-refractivity contribution >= 4 is 34.8 Å². The largest absolute Gasteiger partial charge is 0.486 e. The number of hydrogen-bond acceptors (Lipinski definition) is 4. The van der Waals surface area contributed by atoms with Crippen molar-refractivity contribution in [3.05, 3.63) is 73.7 Å². The van der Waals surface area contributed by atoms with E-state index in [0.29, 0.717) is 27.1 Å². The first-order chi connectivity index (χ1) is 11.9. The van der Waals surface area contributed by atoms with E-state index >= 15 is 0 Å². The van der Waals surface area contributed by atoms with E-state index in [9.17, 15) is 9.59 Å². The Labute approximate surface area is 152 Å². The lowest BCUT2D eigenvalue weighted by molar-refractivity contribution is 0.0996. The van der Waals surface area contributed by atoms with E-state index in [4.69, 9.17) is 33.7 Å². The molecule has 1 aromatic carbocycles. The van der Waals surface area contributed by atoms with Gasteiger partial charge in [0.05, 0.1) is 21.3 Å². The summed E-state index contributed by atoms with van der Waals surface area (Å²) >= 11 is 12.3. The minimum atomic E-state index is -0.601. The van der Waals surface area contributed by atoms with Gasteiger partial charge in [-0.2, -0.15) is 0 Å². The zero-order valence-electron chi connectivity index (χ0n) is 13.1. The van der Waals surface area contributed by atoms with E-state index in [0.717, 1.165) is 0 Å². The number of pyridine rings is 1. The highest BCUT2D eigenvalue weighted by atomic mass is 35.5. The highest BCUT2D eigenvalue weighted by Crippen LogP contribution is 2.26. The summed E-state index contributed by atoms with van der Waals surface area (Å²) in [6, 6.07) is 7.89. The van der Waals surface area contributed by atoms with Gasteiger partial charge in [-0.15, -0.1) is 0 Å². The second-order valence-corrected chi connectivity index (χ2v) is 6.13. The molecule has 0 aliphatic carbocycles. The maximum Gasteiger partial charge on any atom is 0.258 e. The van der Waals surface area contributed by atoms with Gasteiger partial charge >= 0.3 is 0 Å². The number of hydrogen-bond donors (Lipinski definition) is 1. The number of rotatable bonds is 4. The summed E-state index contributed by atoms with van der Waals surface area (Å²) in [7, 11) is 0. The Morgan fingerprint density at radius 1 is 1.32 bits per heavy atom. The number of carbonyl (C=O) groups excluding carboxylic acids is 1. The number of amides is 1. The number of halogens is 2. The van der Waals surface area contributed by atoms with Crippen LogP contribution in [0.15, 0.2) is 41.3 Å². The highest BCUT2D eigenvalue weighted by molar-refractivity contribution is 6.37. The number of primary amides is 1. The summed E-state index contributed by atoms with van der Waals surface area (Å²) in [5.74, 6) is -0.286. The van der Waals surface area contributed by atoms with Crippen molar-refractivity contribution in [1.82, 2.24) is 9.38 Å². The van der Waals surface area contributed by atoms with E-state index < -0.39 is 5.91 Å². The van der Waals surface area contributed by atoms with Crippen molar-refractivity contribution < 1.29 is 9.53 Å². The van der Waals surface area contributed by atoms with Crippen LogP contribution >= 0.6 is 23.2 Å².